The van der Waals surface area contributed by atoms with Crippen molar-refractivity contribution in [1.82, 2.24) is 14.8 Å². The molecular weight excluding hydrogens is 510 g/mol. The Labute approximate surface area is 222 Å². The molecule has 0 radical (unpaired) electrons. The van der Waals surface area contributed by atoms with E-state index in [1.807, 2.05) is 12.1 Å². The van der Waals surface area contributed by atoms with Crippen molar-refractivity contribution >= 4 is 27.0 Å². The number of pyridine rings is 1. The van der Waals surface area contributed by atoms with Crippen molar-refractivity contribution in [3.05, 3.63) is 83.2 Å². The fraction of sp³-hybridized carbons (Fsp3) is 0.321. The molecule has 0 amide bonds. The Morgan fingerprint density at radius 3 is 2.53 bits per heavy atom. The highest BCUT2D eigenvalue weighted by Gasteiger charge is 2.20. The van der Waals surface area contributed by atoms with E-state index < -0.39 is 33.7 Å². The van der Waals surface area contributed by atoms with Gasteiger partial charge in [-0.1, -0.05) is 12.1 Å². The first-order valence-electron chi connectivity index (χ1n) is 12.0. The summed E-state index contributed by atoms with van der Waals surface area (Å²) >= 11 is 0. The second-order valence-electron chi connectivity index (χ2n) is 9.96. The van der Waals surface area contributed by atoms with Crippen LogP contribution in [0.15, 0.2) is 54.7 Å². The number of hydrogen-bond donors (Lipinski definition) is 1. The molecule has 2 N–H and O–H groups in total. The highest BCUT2D eigenvalue weighted by molar-refractivity contribution is 8.32. The summed E-state index contributed by atoms with van der Waals surface area (Å²) in [5.41, 5.74) is 10.6. The monoisotopic (exact) mass is 542 g/mol. The molecule has 10 heteroatoms. The van der Waals surface area contributed by atoms with E-state index >= 15 is 0 Å². The smallest absolute Gasteiger partial charge is 0.337 e. The second-order valence-corrected chi connectivity index (χ2v) is 14.6. The predicted octanol–water partition coefficient (Wildman–Crippen LogP) is 5.07. The summed E-state index contributed by atoms with van der Waals surface area (Å²) < 4.78 is 40.1. The number of hydrogen-bond acceptors (Lipinski definition) is 6. The van der Waals surface area contributed by atoms with Gasteiger partial charge < -0.3 is 15.2 Å². The summed E-state index contributed by atoms with van der Waals surface area (Å²) in [6.07, 6.45) is 8.51. The first kappa shape index (κ1) is 27.7. The van der Waals surface area contributed by atoms with Gasteiger partial charge >= 0.3 is 5.97 Å². The van der Waals surface area contributed by atoms with E-state index in [0.29, 0.717) is 40.1 Å². The van der Waals surface area contributed by atoms with Gasteiger partial charge in [0.05, 0.1) is 42.7 Å². The number of nitrogens with zero attached hydrogens (tertiary/aromatic N) is 3. The maximum atomic E-state index is 13.8. The third-order valence-corrected chi connectivity index (χ3v) is 7.43. The Hall–Kier alpha value is -3.34. The SMILES string of the molecule is COC(=O)c1cccc(-c2cc3c(cnn3COCCS(C)(C)C)nc2[C@@H](N)Cc2cc(F)cc(F)c2)c1. The summed E-state index contributed by atoms with van der Waals surface area (Å²) in [7, 11) is 0.645. The van der Waals surface area contributed by atoms with Crippen molar-refractivity contribution in [2.24, 2.45) is 5.73 Å². The standard InChI is InChI=1S/C28H32F2N4O3S/c1-36-28(35)20-7-5-6-19(13-20)23-15-26-25(16-32-34(26)17-37-8-9-38(2,3)4)33-27(23)24(31)12-18-10-21(29)14-22(30)11-18/h5-7,10-11,13-16,24H,8-9,12,17,31H2,1-4H3/t24-/m0/s1. The van der Waals surface area contributed by atoms with Gasteiger partial charge in [0.15, 0.2) is 0 Å². The van der Waals surface area contributed by atoms with Crippen LogP contribution >= 0.6 is 10.0 Å². The van der Waals surface area contributed by atoms with Crippen LogP contribution in [0.5, 0.6) is 0 Å². The molecule has 2 heterocycles. The summed E-state index contributed by atoms with van der Waals surface area (Å²) in [5.74, 6) is -0.830. The number of methoxy groups -OCH3 is 1. The largest absolute Gasteiger partial charge is 0.465 e. The number of ether oxygens (including phenoxy) is 2. The minimum atomic E-state index is -0.688. The van der Waals surface area contributed by atoms with Gasteiger partial charge in [0.1, 0.15) is 23.9 Å². The number of rotatable bonds is 10. The molecule has 202 valence electrons. The minimum Gasteiger partial charge on any atom is -0.465 e. The van der Waals surface area contributed by atoms with Crippen molar-refractivity contribution in [3.63, 3.8) is 0 Å². The van der Waals surface area contributed by atoms with E-state index in [9.17, 15) is 13.6 Å². The molecule has 4 rings (SSSR count). The zero-order valence-corrected chi connectivity index (χ0v) is 22.7. The second kappa shape index (κ2) is 11.6. The number of fused-ring (bicyclic) bond motifs is 1. The van der Waals surface area contributed by atoms with Gasteiger partial charge in [0.2, 0.25) is 0 Å². The van der Waals surface area contributed by atoms with Gasteiger partial charge in [-0.3, -0.25) is 0 Å². The molecule has 0 bridgehead atoms. The lowest BCUT2D eigenvalue weighted by Crippen LogP contribution is -2.17. The van der Waals surface area contributed by atoms with Crippen molar-refractivity contribution in [1.29, 1.82) is 0 Å². The lowest BCUT2D eigenvalue weighted by atomic mass is 9.94. The van der Waals surface area contributed by atoms with Crippen LogP contribution in [0.2, 0.25) is 0 Å². The molecule has 0 fully saturated rings. The van der Waals surface area contributed by atoms with Crippen molar-refractivity contribution in [2.45, 2.75) is 19.2 Å². The van der Waals surface area contributed by atoms with Crippen molar-refractivity contribution in [2.75, 3.05) is 38.2 Å². The van der Waals surface area contributed by atoms with Crippen LogP contribution in [0.4, 0.5) is 8.78 Å². The Bertz CT molecular complexity index is 1430. The van der Waals surface area contributed by atoms with Crippen LogP contribution in [0.3, 0.4) is 0 Å². The minimum absolute atomic E-state index is 0.156. The first-order valence-corrected chi connectivity index (χ1v) is 15.1. The van der Waals surface area contributed by atoms with Gasteiger partial charge in [-0.15, -0.1) is 0 Å². The molecule has 7 nitrogen and oxygen atoms in total. The molecule has 0 spiro atoms. The molecule has 38 heavy (non-hydrogen) atoms. The Kier molecular flexibility index (Phi) is 8.44. The van der Waals surface area contributed by atoms with Crippen LogP contribution < -0.4 is 5.73 Å². The number of carbonyl (C=O) groups excluding carboxylic acids is 1. The van der Waals surface area contributed by atoms with Crippen molar-refractivity contribution < 1.29 is 23.0 Å². The molecule has 1 atom stereocenters. The number of benzene rings is 2. The lowest BCUT2D eigenvalue weighted by Gasteiger charge is -2.24. The Balaban J connectivity index is 1.74. The van der Waals surface area contributed by atoms with Gasteiger partial charge in [0.25, 0.3) is 0 Å². The molecule has 0 saturated heterocycles. The highest BCUT2D eigenvalue weighted by atomic mass is 32.3. The van der Waals surface area contributed by atoms with Gasteiger partial charge in [-0.05, 0) is 66.6 Å². The maximum Gasteiger partial charge on any atom is 0.337 e. The topological polar surface area (TPSA) is 92.3 Å². The van der Waals surface area contributed by atoms with Crippen LogP contribution in [0, 0.1) is 11.6 Å². The quantitative estimate of drug-likeness (QED) is 0.222. The fourth-order valence-corrected chi connectivity index (χ4v) is 4.73. The molecule has 0 unspecified atom stereocenters. The normalized spacial score (nSPS) is 13.0. The third-order valence-electron chi connectivity index (χ3n) is 6.04. The van der Waals surface area contributed by atoms with Crippen LogP contribution in [0.1, 0.15) is 27.7 Å². The van der Waals surface area contributed by atoms with Crippen LogP contribution in [0.25, 0.3) is 22.2 Å². The third kappa shape index (κ3) is 6.75. The number of nitrogens with two attached hydrogens (primary N) is 1. The molecule has 0 aliphatic heterocycles. The first-order chi connectivity index (χ1) is 18.0. The van der Waals surface area contributed by atoms with Crippen LogP contribution in [-0.4, -0.2) is 59.0 Å². The fourth-order valence-electron chi connectivity index (χ4n) is 4.11. The molecule has 4 aromatic rings. The molecule has 0 saturated carbocycles. The number of aromatic nitrogens is 3. The average Bonchev–Trinajstić information content (AvgIpc) is 3.26. The molecule has 2 aromatic carbocycles. The van der Waals surface area contributed by atoms with E-state index in [1.165, 1.54) is 19.2 Å². The molecule has 2 aromatic heterocycles. The zero-order valence-electron chi connectivity index (χ0n) is 21.9. The molecule has 0 aliphatic rings. The summed E-state index contributed by atoms with van der Waals surface area (Å²) in [6.45, 7) is 0.880. The predicted molar refractivity (Wildman–Crippen MR) is 147 cm³/mol. The summed E-state index contributed by atoms with van der Waals surface area (Å²) in [6, 6.07) is 11.5. The molecular formula is C28H32F2N4O3S. The number of carbonyl (C=O) groups is 1. The van der Waals surface area contributed by atoms with Crippen LogP contribution in [-0.2, 0) is 22.6 Å². The highest BCUT2D eigenvalue weighted by Crippen LogP contribution is 2.34. The van der Waals surface area contributed by atoms with E-state index in [2.05, 4.69) is 23.9 Å². The maximum absolute atomic E-state index is 13.8. The van der Waals surface area contributed by atoms with E-state index in [0.717, 1.165) is 17.3 Å². The zero-order chi connectivity index (χ0) is 27.4. The van der Waals surface area contributed by atoms with Gasteiger partial charge in [0, 0.05) is 17.4 Å². The summed E-state index contributed by atoms with van der Waals surface area (Å²) in [5, 5.41) is 4.45. The van der Waals surface area contributed by atoms with E-state index in [1.54, 1.807) is 29.1 Å². The summed E-state index contributed by atoms with van der Waals surface area (Å²) in [4.78, 5) is 17.0. The Morgan fingerprint density at radius 1 is 1.11 bits per heavy atom. The lowest BCUT2D eigenvalue weighted by molar-refractivity contribution is 0.0600. The molecule has 0 aliphatic carbocycles. The number of esters is 1. The van der Waals surface area contributed by atoms with Crippen molar-refractivity contribution in [3.8, 4) is 11.1 Å². The van der Waals surface area contributed by atoms with Gasteiger partial charge in [-0.25, -0.2) is 33.3 Å². The Morgan fingerprint density at radius 2 is 1.84 bits per heavy atom. The average molecular weight is 543 g/mol. The van der Waals surface area contributed by atoms with E-state index in [4.69, 9.17) is 20.2 Å². The number of halogens is 2. The van der Waals surface area contributed by atoms with E-state index in [-0.39, 0.29) is 13.2 Å². The van der Waals surface area contributed by atoms with Gasteiger partial charge in [-0.2, -0.15) is 5.10 Å².